The maximum absolute atomic E-state index is 11.8. The number of halogens is 3. The fourth-order valence-corrected chi connectivity index (χ4v) is 1.01. The van der Waals surface area contributed by atoms with E-state index in [2.05, 4.69) is 9.28 Å². The van der Waals surface area contributed by atoms with E-state index in [1.54, 1.807) is 0 Å². The third-order valence-electron chi connectivity index (χ3n) is 1.17. The van der Waals surface area contributed by atoms with Crippen LogP contribution in [0.4, 0.5) is 13.2 Å². The smallest absolute Gasteiger partial charge is 0.354 e. The molecule has 80 valence electrons. The molecule has 0 amide bonds. The summed E-state index contributed by atoms with van der Waals surface area (Å²) in [7, 11) is -4.20. The molecule has 0 bridgehead atoms. The number of hydrogen-bond donors (Lipinski definition) is 0. The minimum Gasteiger partial charge on any atom is -0.354 e. The van der Waals surface area contributed by atoms with E-state index < -0.39 is 21.5 Å². The second-order valence-corrected chi connectivity index (χ2v) is 3.85. The van der Waals surface area contributed by atoms with Gasteiger partial charge in [-0.3, -0.25) is 4.68 Å². The first-order valence-electron chi connectivity index (χ1n) is 3.23. The van der Waals surface area contributed by atoms with Gasteiger partial charge in [0.2, 0.25) is 0 Å². The maximum atomic E-state index is 11.8. The topological polar surface area (TPSA) is 61.2 Å². The summed E-state index contributed by atoms with van der Waals surface area (Å²) in [5, 5.41) is 3.32. The van der Waals surface area contributed by atoms with E-state index >= 15 is 0 Å². The number of nitrogens with zero attached hydrogens (tertiary/aromatic N) is 2. The molecule has 1 rings (SSSR count). The van der Waals surface area contributed by atoms with Crippen LogP contribution in [0.25, 0.3) is 0 Å². The monoisotopic (exact) mass is 230 g/mol. The molecule has 0 fully saturated rings. The van der Waals surface area contributed by atoms with Gasteiger partial charge in [-0.1, -0.05) is 0 Å². The predicted molar refractivity (Wildman–Crippen MR) is 38.8 cm³/mol. The molecule has 0 radical (unpaired) electrons. The first-order valence-corrected chi connectivity index (χ1v) is 4.63. The van der Waals surface area contributed by atoms with Gasteiger partial charge in [0.1, 0.15) is 0 Å². The van der Waals surface area contributed by atoms with Crippen molar-refractivity contribution in [2.24, 2.45) is 7.05 Å². The van der Waals surface area contributed by atoms with E-state index in [4.69, 9.17) is 0 Å². The van der Waals surface area contributed by atoms with E-state index in [9.17, 15) is 21.6 Å². The Morgan fingerprint density at radius 2 is 2.07 bits per heavy atom. The first-order chi connectivity index (χ1) is 6.22. The van der Waals surface area contributed by atoms with Gasteiger partial charge in [0.15, 0.2) is 0 Å². The molecule has 1 heterocycles. The van der Waals surface area contributed by atoms with Gasteiger partial charge in [-0.15, -0.1) is 5.10 Å². The van der Waals surface area contributed by atoms with Crippen LogP contribution in [0.2, 0.25) is 0 Å². The molecule has 1 aromatic heterocycles. The second kappa shape index (κ2) is 3.15. The summed E-state index contributed by atoms with van der Waals surface area (Å²) < 4.78 is 61.0. The Kier molecular flexibility index (Phi) is 2.44. The number of aryl methyl sites for hydroxylation is 1. The molecule has 1 aromatic rings. The lowest BCUT2D eigenvalue weighted by Gasteiger charge is -2.06. The lowest BCUT2D eigenvalue weighted by molar-refractivity contribution is -0.0501. The molecule has 0 aliphatic heterocycles. The van der Waals surface area contributed by atoms with E-state index in [-0.39, 0.29) is 0 Å². The van der Waals surface area contributed by atoms with Crippen LogP contribution in [-0.2, 0) is 17.2 Å². The summed E-state index contributed by atoms with van der Waals surface area (Å²) >= 11 is 0. The Hall–Kier alpha value is -1.25. The fourth-order valence-electron chi connectivity index (χ4n) is 0.598. The molecule has 0 N–H and O–H groups in total. The average Bonchev–Trinajstić information content (AvgIpc) is 2.31. The highest BCUT2D eigenvalue weighted by Crippen LogP contribution is 2.25. The molecule has 9 heteroatoms. The third kappa shape index (κ3) is 2.16. The van der Waals surface area contributed by atoms with Crippen molar-refractivity contribution in [2.75, 3.05) is 0 Å². The number of hydrogen-bond acceptors (Lipinski definition) is 4. The van der Waals surface area contributed by atoms with Crippen molar-refractivity contribution >= 4 is 10.1 Å². The SMILES string of the molecule is Cn1ccc(OS(=O)(=O)C(F)(F)F)n1. The molecular formula is C5H5F3N2O3S. The van der Waals surface area contributed by atoms with E-state index in [1.807, 2.05) is 0 Å². The minimum absolute atomic E-state index is 0.621. The van der Waals surface area contributed by atoms with Crippen LogP contribution in [-0.4, -0.2) is 23.7 Å². The highest BCUT2D eigenvalue weighted by Gasteiger charge is 2.48. The van der Waals surface area contributed by atoms with Gasteiger partial charge in [0.25, 0.3) is 5.88 Å². The largest absolute Gasteiger partial charge is 0.534 e. The lowest BCUT2D eigenvalue weighted by atomic mass is 10.7. The Labute approximate surface area is 77.2 Å². The Balaban J connectivity index is 2.90. The number of aromatic nitrogens is 2. The molecule has 0 atom stereocenters. The average molecular weight is 230 g/mol. The Morgan fingerprint density at radius 1 is 1.50 bits per heavy atom. The highest BCUT2D eigenvalue weighted by molar-refractivity contribution is 7.87. The van der Waals surface area contributed by atoms with Gasteiger partial charge in [0.05, 0.1) is 0 Å². The van der Waals surface area contributed by atoms with Crippen LogP contribution in [0.5, 0.6) is 5.88 Å². The summed E-state index contributed by atoms with van der Waals surface area (Å²) in [6, 6.07) is 1.00. The molecule has 0 aromatic carbocycles. The second-order valence-electron chi connectivity index (χ2n) is 2.31. The summed E-state index contributed by atoms with van der Waals surface area (Å²) in [4.78, 5) is 0. The van der Waals surface area contributed by atoms with Crippen molar-refractivity contribution in [1.82, 2.24) is 9.78 Å². The van der Waals surface area contributed by atoms with E-state index in [0.29, 0.717) is 0 Å². The number of rotatable bonds is 2. The van der Waals surface area contributed by atoms with E-state index in [1.165, 1.54) is 13.2 Å². The molecule has 5 nitrogen and oxygen atoms in total. The minimum atomic E-state index is -5.61. The molecule has 0 unspecified atom stereocenters. The van der Waals surface area contributed by atoms with Crippen molar-refractivity contribution in [3.8, 4) is 5.88 Å². The Morgan fingerprint density at radius 3 is 2.43 bits per heavy atom. The van der Waals surface area contributed by atoms with Gasteiger partial charge in [-0.25, -0.2) is 0 Å². The molecule has 0 aliphatic carbocycles. The van der Waals surface area contributed by atoms with Crippen LogP contribution in [0, 0.1) is 0 Å². The standard InChI is InChI=1S/C5H5F3N2O3S/c1-10-3-2-4(9-10)13-14(11,12)5(6,7)8/h2-3H,1H3. The number of alkyl halides is 3. The van der Waals surface area contributed by atoms with Crippen LogP contribution >= 0.6 is 0 Å². The van der Waals surface area contributed by atoms with Crippen molar-refractivity contribution in [2.45, 2.75) is 5.51 Å². The van der Waals surface area contributed by atoms with Gasteiger partial charge in [-0.2, -0.15) is 21.6 Å². The first kappa shape index (κ1) is 10.8. The normalized spacial score (nSPS) is 12.9. The van der Waals surface area contributed by atoms with Crippen molar-refractivity contribution in [1.29, 1.82) is 0 Å². The molecule has 0 saturated carbocycles. The van der Waals surface area contributed by atoms with Crippen LogP contribution in [0.3, 0.4) is 0 Å². The van der Waals surface area contributed by atoms with Crippen molar-refractivity contribution < 1.29 is 25.8 Å². The third-order valence-corrected chi connectivity index (χ3v) is 2.12. The van der Waals surface area contributed by atoms with Crippen LogP contribution in [0.1, 0.15) is 0 Å². The quantitative estimate of drug-likeness (QED) is 0.552. The summed E-state index contributed by atoms with van der Waals surface area (Å²) in [6.45, 7) is 0. The van der Waals surface area contributed by atoms with Crippen LogP contribution in [0.15, 0.2) is 12.3 Å². The van der Waals surface area contributed by atoms with Crippen LogP contribution < -0.4 is 4.18 Å². The highest BCUT2D eigenvalue weighted by atomic mass is 32.2. The molecule has 0 spiro atoms. The van der Waals surface area contributed by atoms with Gasteiger partial charge < -0.3 is 4.18 Å². The predicted octanol–water partition coefficient (Wildman–Crippen LogP) is 0.649. The zero-order valence-electron chi connectivity index (χ0n) is 6.82. The molecule has 14 heavy (non-hydrogen) atoms. The fraction of sp³-hybridized carbons (Fsp3) is 0.400. The van der Waals surface area contributed by atoms with Gasteiger partial charge in [-0.05, 0) is 0 Å². The summed E-state index contributed by atoms with van der Waals surface area (Å²) in [5.74, 6) is -0.621. The van der Waals surface area contributed by atoms with Crippen molar-refractivity contribution in [3.05, 3.63) is 12.3 Å². The molecule has 0 aliphatic rings. The summed E-state index contributed by atoms with van der Waals surface area (Å²) in [6.07, 6.45) is 1.25. The summed E-state index contributed by atoms with van der Waals surface area (Å²) in [5.41, 5.74) is -5.44. The van der Waals surface area contributed by atoms with Crippen molar-refractivity contribution in [3.63, 3.8) is 0 Å². The van der Waals surface area contributed by atoms with Gasteiger partial charge >= 0.3 is 15.6 Å². The van der Waals surface area contributed by atoms with Gasteiger partial charge in [0, 0.05) is 19.3 Å². The molecular weight excluding hydrogens is 225 g/mol. The maximum Gasteiger partial charge on any atom is 0.534 e. The zero-order valence-corrected chi connectivity index (χ0v) is 7.63. The van der Waals surface area contributed by atoms with E-state index in [0.717, 1.165) is 10.7 Å². The zero-order chi connectivity index (χ0) is 11.0. The lowest BCUT2D eigenvalue weighted by Crippen LogP contribution is -2.28. The Bertz CT molecular complexity index is 422. The molecule has 0 saturated heterocycles.